The van der Waals surface area contributed by atoms with Crippen LogP contribution >= 0.6 is 12.2 Å². The molecule has 6 heterocycles. The van der Waals surface area contributed by atoms with Crippen molar-refractivity contribution in [3.8, 4) is 50.6 Å². The quantitative estimate of drug-likeness (QED) is 0.0136. The van der Waals surface area contributed by atoms with Crippen LogP contribution in [0.25, 0.3) is 55.8 Å². The number of aromatic amines is 4. The number of Topliss-reactive ketones (excluding diaryl/α,β-unsaturated/α-hetero) is 1. The Morgan fingerprint density at radius 2 is 0.874 bits per heavy atom. The molecule has 0 saturated heterocycles. The van der Waals surface area contributed by atoms with Crippen LogP contribution in [0, 0.1) is 49.6 Å². The zero-order valence-corrected chi connectivity index (χ0v) is 69.9. The minimum Gasteiger partial charge on any atom is -0.471 e. The van der Waals surface area contributed by atoms with Crippen molar-refractivity contribution in [3.05, 3.63) is 362 Å². The molecular formula is C95H99N13O9SV. The maximum Gasteiger partial charge on any atom is 0.316 e. The molecule has 22 nitrogen and oxygen atoms in total. The number of H-pyrrole nitrogens is 4. The Balaban J connectivity index is 0.000000220. The fraction of sp³-hybridized carbons (Fsp3) is 0.179. The Labute approximate surface area is 712 Å². The third kappa shape index (κ3) is 27.6. The Kier molecular flexibility index (Phi) is 37.4. The van der Waals surface area contributed by atoms with E-state index in [0.29, 0.717) is 68.1 Å². The fourth-order valence-corrected chi connectivity index (χ4v) is 12.7. The number of anilines is 2. The first-order valence-corrected chi connectivity index (χ1v) is 38.6. The van der Waals surface area contributed by atoms with Crippen LogP contribution in [0.3, 0.4) is 0 Å². The largest absolute Gasteiger partial charge is 0.471 e. The topological polar surface area (TPSA) is 329 Å². The number of rotatable bonds is 20. The van der Waals surface area contributed by atoms with Gasteiger partial charge in [-0.05, 0) is 111 Å². The third-order valence-electron chi connectivity index (χ3n) is 18.1. The van der Waals surface area contributed by atoms with Gasteiger partial charge in [0.2, 0.25) is 0 Å². The summed E-state index contributed by atoms with van der Waals surface area (Å²) < 4.78 is 27.7. The minimum absolute atomic E-state index is 0. The van der Waals surface area contributed by atoms with Crippen LogP contribution in [-0.2, 0) is 82.4 Å². The maximum absolute atomic E-state index is 12.8. The van der Waals surface area contributed by atoms with Crippen molar-refractivity contribution in [2.45, 2.75) is 86.5 Å². The van der Waals surface area contributed by atoms with Gasteiger partial charge in [0, 0.05) is 109 Å². The molecule has 0 fully saturated rings. The molecule has 24 heteroatoms. The SMILES string of the molecule is CC(=O)C(C#N)c1ccccc1.CCOC(=O)C(C=O)Cc1ccccc1.CCOC(=O)CCc1ccccc1.COC=O.Cc1[nH]n2c(=O)c(Cc3ccccc3)cnc2c1-c1ccccc1.Cc1[nH]n2c(=S)c(Cc3ccccc3)cnc2c1-c1ccccc1.Cc1[nH]nc(N)c1-c1ccccc1.Cc1[nH]nc(N)c1-c1ccccc1.[2H][2H].[V]. The molecule has 9 aromatic carbocycles. The van der Waals surface area contributed by atoms with Gasteiger partial charge in [-0.1, -0.05) is 285 Å². The van der Waals surface area contributed by atoms with Crippen LogP contribution in [0.2, 0.25) is 0 Å². The number of esters is 2. The van der Waals surface area contributed by atoms with Gasteiger partial charge in [-0.15, -0.1) is 0 Å². The summed E-state index contributed by atoms with van der Waals surface area (Å²) in [5, 5.41) is 28.8. The molecular weight excluding hydrogens is 1550 g/mol. The Bertz CT molecular complexity index is 5490. The number of nitrogens with one attached hydrogen (secondary N) is 4. The Morgan fingerprint density at radius 1 is 0.521 bits per heavy atom. The number of nitrogens with zero attached hydrogens (tertiary/aromatic N) is 7. The van der Waals surface area contributed by atoms with Gasteiger partial charge in [-0.2, -0.15) is 15.5 Å². The van der Waals surface area contributed by atoms with E-state index in [1.807, 2.05) is 281 Å². The van der Waals surface area contributed by atoms with E-state index in [1.54, 1.807) is 29.8 Å². The number of nitrogen functional groups attached to an aromatic ring is 2. The monoisotopic (exact) mass is 1650 g/mol. The maximum atomic E-state index is 12.8. The number of ketones is 1. The number of aromatic nitrogens is 10. The zero-order valence-electron chi connectivity index (χ0n) is 69.7. The first-order valence-electron chi connectivity index (χ1n) is 39.2. The van der Waals surface area contributed by atoms with Gasteiger partial charge in [-0.3, -0.25) is 44.4 Å². The molecule has 2 atom stereocenters. The van der Waals surface area contributed by atoms with Gasteiger partial charge in [0.25, 0.3) is 12.0 Å². The van der Waals surface area contributed by atoms with Crippen LogP contribution in [-0.4, -0.2) is 100 Å². The first-order chi connectivity index (χ1) is 58.3. The molecule has 0 bridgehead atoms. The number of benzene rings is 9. The van der Waals surface area contributed by atoms with Crippen molar-refractivity contribution in [1.29, 1.82) is 5.26 Å². The normalized spacial score (nSPS) is 10.6. The van der Waals surface area contributed by atoms with Gasteiger partial charge in [-0.25, -0.2) is 19.0 Å². The number of carbonyl (C=O) groups excluding carboxylic acids is 5. The van der Waals surface area contributed by atoms with E-state index < -0.39 is 17.8 Å². The van der Waals surface area contributed by atoms with E-state index in [4.69, 9.17) is 51.2 Å². The molecule has 15 aromatic rings. The van der Waals surface area contributed by atoms with Crippen molar-refractivity contribution < 1.29 is 59.7 Å². The number of hydrogen-bond donors (Lipinski definition) is 6. The second-order valence-electron chi connectivity index (χ2n) is 26.6. The van der Waals surface area contributed by atoms with Crippen molar-refractivity contribution in [3.63, 3.8) is 0 Å². The summed E-state index contributed by atoms with van der Waals surface area (Å²) in [5.74, 6) is -0.850. The van der Waals surface area contributed by atoms with Gasteiger partial charge in [0.1, 0.15) is 22.8 Å². The molecule has 8 N–H and O–H groups in total. The summed E-state index contributed by atoms with van der Waals surface area (Å²) in [6, 6.07) is 91.0. The van der Waals surface area contributed by atoms with Gasteiger partial charge >= 0.3 is 11.9 Å². The Morgan fingerprint density at radius 3 is 1.24 bits per heavy atom. The summed E-state index contributed by atoms with van der Waals surface area (Å²) in [6.07, 6.45) is 7.25. The summed E-state index contributed by atoms with van der Waals surface area (Å²) in [4.78, 5) is 75.0. The van der Waals surface area contributed by atoms with Crippen molar-refractivity contribution in [2.75, 3.05) is 31.8 Å². The van der Waals surface area contributed by atoms with Crippen molar-refractivity contribution in [2.24, 2.45) is 5.92 Å². The van der Waals surface area contributed by atoms with Gasteiger partial charge < -0.3 is 30.5 Å². The third-order valence-corrected chi connectivity index (χ3v) is 18.5. The molecule has 119 heavy (non-hydrogen) atoms. The van der Waals surface area contributed by atoms with Crippen LogP contribution in [0.15, 0.2) is 290 Å². The first kappa shape index (κ1) is 90.6. The Hall–Kier alpha value is -13.9. The summed E-state index contributed by atoms with van der Waals surface area (Å²) in [6.45, 7) is 14.1. The molecule has 0 aliphatic carbocycles. The molecule has 2 unspecified atom stereocenters. The smallest absolute Gasteiger partial charge is 0.316 e. The molecule has 0 aliphatic rings. The predicted octanol–water partition coefficient (Wildman–Crippen LogP) is 18.2. The van der Waals surface area contributed by atoms with Gasteiger partial charge in [0.15, 0.2) is 28.7 Å². The number of nitrogens with two attached hydrogens (primary N) is 2. The number of nitriles is 1. The molecule has 6 aromatic heterocycles. The second-order valence-corrected chi connectivity index (χ2v) is 27.0. The van der Waals surface area contributed by atoms with Crippen LogP contribution in [0.4, 0.5) is 11.6 Å². The standard InChI is InChI=1S/C20H17N3O.C20H17N3S.C12H14O3.C11H14O2.2C10H11N3.C10H9NO.C2H4O2.V.H2/c2*1-14-18(16-10-6-3-7-11-16)19-21-13-17(20(24)23(19)22-14)12-15-8-4-2-5-9-15;1-2-15-12(14)11(9-13)8-10-6-4-3-5-7-10;1-2-13-11(12)9-8-10-6-4-3-5-7-10;2*1-7-9(10(11)13-12-7)8-5-3-2-4-6-8;1-8(12)10(7-11)9-5-3-2-4-6-9;1-4-2-3;;/h2*2-11,13,22H,12H2,1H3;3-7,9,11H,2,8H2,1H3;3-7H,2,8-9H2,1H3;2*2-6H,1H3,(H3,11,12,13);2-6,10H,1H3;2H,1H3;;1H/i;;;;;;;;;1+1D. The number of carbonyl (C=O) groups is 5. The van der Waals surface area contributed by atoms with Gasteiger partial charge in [0.05, 0.1) is 26.4 Å². The van der Waals surface area contributed by atoms with Crippen LogP contribution < -0.4 is 17.0 Å². The average molecular weight is 1650 g/mol. The molecule has 0 amide bonds. The molecule has 1 radical (unpaired) electrons. The molecule has 609 valence electrons. The van der Waals surface area contributed by atoms with E-state index >= 15 is 0 Å². The van der Waals surface area contributed by atoms with Crippen LogP contribution in [0.5, 0.6) is 0 Å². The number of methoxy groups -OCH3 is 1. The van der Waals surface area contributed by atoms with E-state index in [1.165, 1.54) is 25.2 Å². The fourth-order valence-electron chi connectivity index (χ4n) is 12.4. The molecule has 15 rings (SSSR count). The van der Waals surface area contributed by atoms with E-state index in [0.717, 1.165) is 113 Å². The van der Waals surface area contributed by atoms with Crippen LogP contribution in [0.1, 0.15) is 97.8 Å². The predicted molar refractivity (Wildman–Crippen MR) is 470 cm³/mol. The zero-order chi connectivity index (χ0) is 86.6. The minimum atomic E-state index is -0.688. The van der Waals surface area contributed by atoms with E-state index in [-0.39, 0.29) is 35.9 Å². The summed E-state index contributed by atoms with van der Waals surface area (Å²) in [5.41, 5.74) is 32.4. The van der Waals surface area contributed by atoms with Crippen molar-refractivity contribution in [1.82, 2.24) is 49.6 Å². The molecule has 0 aliphatic heterocycles. The second kappa shape index (κ2) is 49.1. The summed E-state index contributed by atoms with van der Waals surface area (Å²) in [7, 11) is 1.31. The average Bonchev–Trinajstić information content (AvgIpc) is 1.63. The number of aldehydes is 1. The van der Waals surface area contributed by atoms with E-state index in [2.05, 4.69) is 71.5 Å². The number of aryl methyl sites for hydroxylation is 5. The van der Waals surface area contributed by atoms with E-state index in [9.17, 15) is 24.0 Å². The number of ether oxygens (including phenoxy) is 3. The summed E-state index contributed by atoms with van der Waals surface area (Å²) >= 11 is 5.71. The molecule has 0 saturated carbocycles. The van der Waals surface area contributed by atoms with Crippen molar-refractivity contribution >= 4 is 65.6 Å². The number of fused-ring (bicyclic) bond motifs is 2. The number of hydrogen-bond acceptors (Lipinski definition) is 17. The molecule has 0 spiro atoms.